The second kappa shape index (κ2) is 9.96. The van der Waals surface area contributed by atoms with Gasteiger partial charge in [-0.15, -0.1) is 0 Å². The van der Waals surface area contributed by atoms with Crippen molar-refractivity contribution in [2.45, 2.75) is 51.7 Å². The average molecular weight is 450 g/mol. The normalized spacial score (nSPS) is 18.5. The molecule has 0 aromatic heterocycles. The molecule has 0 aliphatic carbocycles. The first-order valence-electron chi connectivity index (χ1n) is 12.0. The van der Waals surface area contributed by atoms with Gasteiger partial charge in [0.05, 0.1) is 13.7 Å². The number of nitrogens with zero attached hydrogens (tertiary/aromatic N) is 3. The molecule has 0 atom stereocenters. The molecule has 2 fully saturated rings. The highest BCUT2D eigenvalue weighted by Gasteiger charge is 2.57. The monoisotopic (exact) mass is 449 g/mol. The molecular formula is C27H35N3O3. The van der Waals surface area contributed by atoms with Crippen LogP contribution in [0.4, 0.5) is 4.79 Å². The Kier molecular flexibility index (Phi) is 7.03. The number of likely N-dealkylation sites (tertiary alicyclic amines) is 1. The molecule has 6 heteroatoms. The number of rotatable bonds is 8. The van der Waals surface area contributed by atoms with Crippen LogP contribution in [-0.2, 0) is 17.9 Å². The smallest absolute Gasteiger partial charge is 0.327 e. The van der Waals surface area contributed by atoms with E-state index in [1.807, 2.05) is 35.2 Å². The molecule has 3 amide bonds. The van der Waals surface area contributed by atoms with Crippen molar-refractivity contribution in [2.24, 2.45) is 5.92 Å². The standard InChI is InChI=1S/C27H35N3O3/c1-21(2)12-15-30-26(32)29(20-23-10-7-11-24(18-23)33-3)25(31)27(30)13-16-28(17-14-27)19-22-8-5-4-6-9-22/h4-11,18,21H,12-17,19-20H2,1-3H3. The highest BCUT2D eigenvalue weighted by Crippen LogP contribution is 2.39. The fraction of sp³-hybridized carbons (Fsp3) is 0.481. The van der Waals surface area contributed by atoms with Crippen LogP contribution in [0, 0.1) is 5.92 Å². The first kappa shape index (κ1) is 23.3. The summed E-state index contributed by atoms with van der Waals surface area (Å²) in [7, 11) is 1.62. The van der Waals surface area contributed by atoms with Gasteiger partial charge >= 0.3 is 6.03 Å². The Labute approximate surface area is 197 Å². The van der Waals surface area contributed by atoms with Gasteiger partial charge in [-0.1, -0.05) is 56.3 Å². The molecule has 2 aliphatic heterocycles. The topological polar surface area (TPSA) is 53.1 Å². The molecule has 0 unspecified atom stereocenters. The molecule has 0 bridgehead atoms. The highest BCUT2D eigenvalue weighted by atomic mass is 16.5. The lowest BCUT2D eigenvalue weighted by atomic mass is 9.85. The van der Waals surface area contributed by atoms with E-state index in [2.05, 4.69) is 43.0 Å². The maximum Gasteiger partial charge on any atom is 0.327 e. The van der Waals surface area contributed by atoms with Crippen LogP contribution in [0.15, 0.2) is 54.6 Å². The number of urea groups is 1. The molecule has 2 aliphatic rings. The summed E-state index contributed by atoms with van der Waals surface area (Å²) in [5.74, 6) is 1.15. The third kappa shape index (κ3) is 4.91. The highest BCUT2D eigenvalue weighted by molar-refractivity contribution is 6.07. The zero-order chi connectivity index (χ0) is 23.4. The number of carbonyl (C=O) groups excluding carboxylic acids is 2. The van der Waals surface area contributed by atoms with E-state index in [4.69, 9.17) is 4.74 Å². The molecule has 2 heterocycles. The summed E-state index contributed by atoms with van der Waals surface area (Å²) in [6.07, 6.45) is 2.25. The molecule has 0 saturated carbocycles. The third-order valence-electron chi connectivity index (χ3n) is 6.96. The number of imide groups is 1. The summed E-state index contributed by atoms with van der Waals surface area (Å²) >= 11 is 0. The Morgan fingerprint density at radius 3 is 2.30 bits per heavy atom. The minimum absolute atomic E-state index is 0.0431. The second-order valence-electron chi connectivity index (χ2n) is 9.65. The summed E-state index contributed by atoms with van der Waals surface area (Å²) < 4.78 is 5.33. The van der Waals surface area contributed by atoms with Crippen LogP contribution in [0.3, 0.4) is 0 Å². The largest absolute Gasteiger partial charge is 0.497 e. The minimum atomic E-state index is -0.724. The van der Waals surface area contributed by atoms with Crippen molar-refractivity contribution in [3.05, 3.63) is 65.7 Å². The lowest BCUT2D eigenvalue weighted by Gasteiger charge is -2.42. The van der Waals surface area contributed by atoms with E-state index in [1.54, 1.807) is 7.11 Å². The molecule has 1 spiro atoms. The number of ether oxygens (including phenoxy) is 1. The summed E-state index contributed by atoms with van der Waals surface area (Å²) in [4.78, 5) is 33.0. The van der Waals surface area contributed by atoms with Crippen molar-refractivity contribution >= 4 is 11.9 Å². The van der Waals surface area contributed by atoms with Gasteiger partial charge < -0.3 is 9.64 Å². The SMILES string of the molecule is COc1cccc(CN2C(=O)N(CCC(C)C)C3(CCN(Cc4ccccc4)CC3)C2=O)c1. The molecule has 2 aromatic rings. The molecule has 6 nitrogen and oxygen atoms in total. The van der Waals surface area contributed by atoms with Gasteiger partial charge in [-0.3, -0.25) is 14.6 Å². The van der Waals surface area contributed by atoms with Crippen molar-refractivity contribution in [3.63, 3.8) is 0 Å². The summed E-state index contributed by atoms with van der Waals surface area (Å²) in [6.45, 7) is 7.70. The van der Waals surface area contributed by atoms with Gasteiger partial charge in [-0.2, -0.15) is 0 Å². The van der Waals surface area contributed by atoms with Crippen molar-refractivity contribution in [1.29, 1.82) is 0 Å². The van der Waals surface area contributed by atoms with E-state index in [9.17, 15) is 9.59 Å². The molecule has 33 heavy (non-hydrogen) atoms. The van der Waals surface area contributed by atoms with E-state index in [-0.39, 0.29) is 18.5 Å². The van der Waals surface area contributed by atoms with E-state index in [0.29, 0.717) is 25.3 Å². The third-order valence-corrected chi connectivity index (χ3v) is 6.96. The maximum atomic E-state index is 13.8. The van der Waals surface area contributed by atoms with Crippen molar-refractivity contribution in [2.75, 3.05) is 26.7 Å². The number of amides is 3. The first-order valence-corrected chi connectivity index (χ1v) is 12.0. The van der Waals surface area contributed by atoms with Crippen LogP contribution in [0.5, 0.6) is 5.75 Å². The summed E-state index contributed by atoms with van der Waals surface area (Å²) in [6, 6.07) is 17.9. The zero-order valence-corrected chi connectivity index (χ0v) is 20.0. The molecule has 0 N–H and O–H groups in total. The van der Waals surface area contributed by atoms with E-state index in [1.165, 1.54) is 10.5 Å². The van der Waals surface area contributed by atoms with Crippen LogP contribution in [0.1, 0.15) is 44.2 Å². The second-order valence-corrected chi connectivity index (χ2v) is 9.65. The number of methoxy groups -OCH3 is 1. The predicted molar refractivity (Wildman–Crippen MR) is 129 cm³/mol. The fourth-order valence-corrected chi connectivity index (χ4v) is 4.98. The van der Waals surface area contributed by atoms with Crippen LogP contribution in [0.25, 0.3) is 0 Å². The molecule has 0 radical (unpaired) electrons. The Hall–Kier alpha value is -2.86. The van der Waals surface area contributed by atoms with Crippen LogP contribution in [0.2, 0.25) is 0 Å². The molecule has 2 aromatic carbocycles. The number of piperidine rings is 1. The van der Waals surface area contributed by atoms with Gasteiger partial charge in [-0.25, -0.2) is 4.79 Å². The first-order chi connectivity index (χ1) is 15.9. The van der Waals surface area contributed by atoms with E-state index in [0.717, 1.165) is 37.4 Å². The number of hydrogen-bond donors (Lipinski definition) is 0. The van der Waals surface area contributed by atoms with Gasteiger partial charge in [0.25, 0.3) is 5.91 Å². The lowest BCUT2D eigenvalue weighted by molar-refractivity contribution is -0.136. The van der Waals surface area contributed by atoms with Crippen molar-refractivity contribution in [1.82, 2.24) is 14.7 Å². The van der Waals surface area contributed by atoms with Crippen molar-refractivity contribution in [3.8, 4) is 5.75 Å². The zero-order valence-electron chi connectivity index (χ0n) is 20.0. The molecular weight excluding hydrogens is 414 g/mol. The maximum absolute atomic E-state index is 13.8. The van der Waals surface area contributed by atoms with Crippen LogP contribution < -0.4 is 4.74 Å². The van der Waals surface area contributed by atoms with Gasteiger partial charge in [0.15, 0.2) is 0 Å². The molecule has 2 saturated heterocycles. The van der Waals surface area contributed by atoms with Gasteiger partial charge in [0.1, 0.15) is 11.3 Å². The van der Waals surface area contributed by atoms with Crippen LogP contribution >= 0.6 is 0 Å². The Bertz CT molecular complexity index is 968. The Morgan fingerprint density at radius 1 is 0.939 bits per heavy atom. The quantitative estimate of drug-likeness (QED) is 0.555. The average Bonchev–Trinajstić information content (AvgIpc) is 3.01. The summed E-state index contributed by atoms with van der Waals surface area (Å²) in [5.41, 5.74) is 1.45. The lowest BCUT2D eigenvalue weighted by Crippen LogP contribution is -2.56. The number of benzene rings is 2. The van der Waals surface area contributed by atoms with Gasteiger partial charge in [0.2, 0.25) is 0 Å². The van der Waals surface area contributed by atoms with Crippen LogP contribution in [-0.4, -0.2) is 58.9 Å². The number of carbonyl (C=O) groups is 2. The van der Waals surface area contributed by atoms with Gasteiger partial charge in [0, 0.05) is 26.2 Å². The summed E-state index contributed by atoms with van der Waals surface area (Å²) in [5, 5.41) is 0. The van der Waals surface area contributed by atoms with Gasteiger partial charge in [-0.05, 0) is 48.4 Å². The van der Waals surface area contributed by atoms with E-state index >= 15 is 0 Å². The predicted octanol–water partition coefficient (Wildman–Crippen LogP) is 4.54. The van der Waals surface area contributed by atoms with E-state index < -0.39 is 5.54 Å². The minimum Gasteiger partial charge on any atom is -0.497 e. The molecule has 4 rings (SSSR count). The molecule has 176 valence electrons. The van der Waals surface area contributed by atoms with Crippen molar-refractivity contribution < 1.29 is 14.3 Å². The fourth-order valence-electron chi connectivity index (χ4n) is 4.98. The Morgan fingerprint density at radius 2 is 1.64 bits per heavy atom. The Balaban J connectivity index is 1.53. The number of hydrogen-bond acceptors (Lipinski definition) is 4.